The molecule has 0 amide bonds. The van der Waals surface area contributed by atoms with E-state index >= 15 is 0 Å². The fourth-order valence-corrected chi connectivity index (χ4v) is 1.59. The van der Waals surface area contributed by atoms with Gasteiger partial charge in [-0.05, 0) is 45.7 Å². The molecule has 0 aromatic heterocycles. The molecule has 1 N–H and O–H groups in total. The van der Waals surface area contributed by atoms with Gasteiger partial charge < -0.3 is 14.8 Å². The number of ether oxygens (including phenoxy) is 2. The molecule has 3 nitrogen and oxygen atoms in total. The van der Waals surface area contributed by atoms with E-state index in [0.29, 0.717) is 6.10 Å². The van der Waals surface area contributed by atoms with Crippen LogP contribution in [0.5, 0.6) is 11.5 Å². The van der Waals surface area contributed by atoms with Crippen LogP contribution < -0.4 is 14.8 Å². The molecule has 0 unspecified atom stereocenters. The van der Waals surface area contributed by atoms with Crippen LogP contribution in [-0.2, 0) is 0 Å². The summed E-state index contributed by atoms with van der Waals surface area (Å²) >= 11 is 0. The van der Waals surface area contributed by atoms with Crippen molar-refractivity contribution in [2.45, 2.75) is 45.3 Å². The number of nitrogens with one attached hydrogen (secondary N) is 1. The minimum Gasteiger partial charge on any atom is -0.488 e. The first-order valence-electron chi connectivity index (χ1n) is 6.15. The quantitative estimate of drug-likeness (QED) is 0.867. The third kappa shape index (κ3) is 3.55. The minimum absolute atomic E-state index is 0.183. The molecule has 0 saturated heterocycles. The molecule has 0 bridgehead atoms. The van der Waals surface area contributed by atoms with Crippen molar-refractivity contribution in [3.8, 4) is 11.5 Å². The van der Waals surface area contributed by atoms with Crippen LogP contribution in [0.3, 0.4) is 0 Å². The van der Waals surface area contributed by atoms with E-state index in [2.05, 4.69) is 5.32 Å². The molecule has 0 spiro atoms. The summed E-state index contributed by atoms with van der Waals surface area (Å²) in [5.41, 5.74) is 0.830. The lowest BCUT2D eigenvalue weighted by Crippen LogP contribution is -2.22. The van der Waals surface area contributed by atoms with E-state index in [1.165, 1.54) is 0 Å². The van der Waals surface area contributed by atoms with E-state index in [9.17, 15) is 0 Å². The number of anilines is 1. The van der Waals surface area contributed by atoms with Gasteiger partial charge in [0.15, 0.2) is 0 Å². The molecule has 1 aliphatic rings. The fraction of sp³-hybridized carbons (Fsp3) is 0.571. The Morgan fingerprint density at radius 2 is 1.94 bits per heavy atom. The largest absolute Gasteiger partial charge is 0.488 e. The van der Waals surface area contributed by atoms with E-state index in [1.54, 1.807) is 0 Å². The normalized spacial score (nSPS) is 15.5. The van der Waals surface area contributed by atoms with Crippen molar-refractivity contribution in [1.29, 1.82) is 0 Å². The molecule has 3 heteroatoms. The van der Waals surface area contributed by atoms with Gasteiger partial charge in [-0.2, -0.15) is 0 Å². The third-order valence-electron chi connectivity index (χ3n) is 2.46. The highest BCUT2D eigenvalue weighted by Gasteiger charge is 2.25. The van der Waals surface area contributed by atoms with Gasteiger partial charge in [-0.15, -0.1) is 0 Å². The zero-order valence-corrected chi connectivity index (χ0v) is 11.0. The topological polar surface area (TPSA) is 30.5 Å². The molecule has 2 rings (SSSR count). The van der Waals surface area contributed by atoms with E-state index in [1.807, 2.05) is 46.0 Å². The number of hydrogen-bond donors (Lipinski definition) is 1. The molecule has 0 radical (unpaired) electrons. The van der Waals surface area contributed by atoms with E-state index in [-0.39, 0.29) is 5.60 Å². The molecular formula is C14H21NO2. The van der Waals surface area contributed by atoms with Crippen molar-refractivity contribution in [3.63, 3.8) is 0 Å². The summed E-state index contributed by atoms with van der Waals surface area (Å²) < 4.78 is 11.7. The van der Waals surface area contributed by atoms with Crippen LogP contribution in [0.15, 0.2) is 18.2 Å². The first-order chi connectivity index (χ1) is 7.98. The molecule has 0 heterocycles. The van der Waals surface area contributed by atoms with Crippen LogP contribution in [-0.4, -0.2) is 18.8 Å². The summed E-state index contributed by atoms with van der Waals surface area (Å²) in [6.07, 6.45) is 2.72. The lowest BCUT2D eigenvalue weighted by molar-refractivity contribution is 0.130. The second-order valence-corrected chi connectivity index (χ2v) is 5.44. The SMILES string of the molecule is CNc1ccc(OC(C)(C)C)cc1OC1CC1. The Balaban J connectivity index is 2.17. The van der Waals surface area contributed by atoms with Gasteiger partial charge in [0, 0.05) is 13.1 Å². The average molecular weight is 235 g/mol. The molecular weight excluding hydrogens is 214 g/mol. The predicted molar refractivity (Wildman–Crippen MR) is 70.0 cm³/mol. The zero-order valence-electron chi connectivity index (χ0n) is 11.0. The molecule has 17 heavy (non-hydrogen) atoms. The van der Waals surface area contributed by atoms with Crippen molar-refractivity contribution in [2.75, 3.05) is 12.4 Å². The first-order valence-corrected chi connectivity index (χ1v) is 6.15. The maximum atomic E-state index is 5.86. The molecule has 94 valence electrons. The van der Waals surface area contributed by atoms with Gasteiger partial charge in [-0.1, -0.05) is 0 Å². The highest BCUT2D eigenvalue weighted by atomic mass is 16.5. The van der Waals surface area contributed by atoms with Crippen LogP contribution in [0.2, 0.25) is 0 Å². The molecule has 1 fully saturated rings. The fourth-order valence-electron chi connectivity index (χ4n) is 1.59. The Morgan fingerprint density at radius 1 is 1.24 bits per heavy atom. The molecule has 1 aromatic rings. The second kappa shape index (κ2) is 4.47. The Hall–Kier alpha value is -1.38. The van der Waals surface area contributed by atoms with Gasteiger partial charge >= 0.3 is 0 Å². The summed E-state index contributed by atoms with van der Waals surface area (Å²) in [6, 6.07) is 5.94. The lowest BCUT2D eigenvalue weighted by atomic mass is 10.2. The second-order valence-electron chi connectivity index (χ2n) is 5.44. The Morgan fingerprint density at radius 3 is 2.47 bits per heavy atom. The van der Waals surface area contributed by atoms with Gasteiger partial charge in [0.05, 0.1) is 11.8 Å². The van der Waals surface area contributed by atoms with Crippen LogP contribution in [0.25, 0.3) is 0 Å². The Kier molecular flexibility index (Phi) is 3.18. The van der Waals surface area contributed by atoms with Crippen LogP contribution in [0, 0.1) is 0 Å². The summed E-state index contributed by atoms with van der Waals surface area (Å²) in [5.74, 6) is 1.74. The van der Waals surface area contributed by atoms with Crippen molar-refractivity contribution < 1.29 is 9.47 Å². The zero-order chi connectivity index (χ0) is 12.5. The van der Waals surface area contributed by atoms with Gasteiger partial charge in [-0.3, -0.25) is 0 Å². The summed E-state index contributed by atoms with van der Waals surface area (Å²) in [7, 11) is 1.90. The summed E-state index contributed by atoms with van der Waals surface area (Å²) in [6.45, 7) is 6.13. The molecule has 1 saturated carbocycles. The standard InChI is InChI=1S/C14H21NO2/c1-14(2,3)17-11-7-8-12(15-4)13(9-11)16-10-5-6-10/h7-10,15H,5-6H2,1-4H3. The monoisotopic (exact) mass is 235 g/mol. The number of hydrogen-bond acceptors (Lipinski definition) is 3. The van der Waals surface area contributed by atoms with Gasteiger partial charge in [0.25, 0.3) is 0 Å². The van der Waals surface area contributed by atoms with Crippen LogP contribution in [0.1, 0.15) is 33.6 Å². The first kappa shape index (κ1) is 12.1. The lowest BCUT2D eigenvalue weighted by Gasteiger charge is -2.22. The van der Waals surface area contributed by atoms with Crippen LogP contribution in [0.4, 0.5) is 5.69 Å². The van der Waals surface area contributed by atoms with Gasteiger partial charge in [0.2, 0.25) is 0 Å². The van der Waals surface area contributed by atoms with Crippen molar-refractivity contribution in [3.05, 3.63) is 18.2 Å². The van der Waals surface area contributed by atoms with E-state index in [0.717, 1.165) is 30.0 Å². The van der Waals surface area contributed by atoms with Crippen LogP contribution >= 0.6 is 0 Å². The molecule has 1 aromatic carbocycles. The Labute approximate surface area is 103 Å². The molecule has 0 aliphatic heterocycles. The van der Waals surface area contributed by atoms with Crippen molar-refractivity contribution >= 4 is 5.69 Å². The Bertz CT molecular complexity index is 392. The van der Waals surface area contributed by atoms with Crippen molar-refractivity contribution in [2.24, 2.45) is 0 Å². The predicted octanol–water partition coefficient (Wildman–Crippen LogP) is 3.45. The molecule has 0 atom stereocenters. The number of benzene rings is 1. The highest BCUT2D eigenvalue weighted by Crippen LogP contribution is 2.35. The van der Waals surface area contributed by atoms with Gasteiger partial charge in [-0.25, -0.2) is 0 Å². The summed E-state index contributed by atoms with van der Waals surface area (Å²) in [4.78, 5) is 0. The highest BCUT2D eigenvalue weighted by molar-refractivity contribution is 5.59. The van der Waals surface area contributed by atoms with E-state index < -0.39 is 0 Å². The van der Waals surface area contributed by atoms with Gasteiger partial charge in [0.1, 0.15) is 17.1 Å². The average Bonchev–Trinajstić information content (AvgIpc) is 3.00. The van der Waals surface area contributed by atoms with E-state index in [4.69, 9.17) is 9.47 Å². The number of rotatable bonds is 4. The maximum Gasteiger partial charge on any atom is 0.146 e. The summed E-state index contributed by atoms with van der Waals surface area (Å²) in [5, 5.41) is 3.14. The van der Waals surface area contributed by atoms with Crippen molar-refractivity contribution in [1.82, 2.24) is 0 Å². The molecule has 1 aliphatic carbocycles. The third-order valence-corrected chi connectivity index (χ3v) is 2.46. The smallest absolute Gasteiger partial charge is 0.146 e. The minimum atomic E-state index is -0.183. The maximum absolute atomic E-state index is 5.86.